The van der Waals surface area contributed by atoms with Crippen LogP contribution in [0.2, 0.25) is 5.02 Å². The summed E-state index contributed by atoms with van der Waals surface area (Å²) >= 11 is 6.28. The van der Waals surface area contributed by atoms with Crippen LogP contribution in [0.15, 0.2) is 59.5 Å². The zero-order valence-electron chi connectivity index (χ0n) is 21.0. The molecule has 0 saturated heterocycles. The number of sulfonamides is 1. The normalized spacial score (nSPS) is 11.0. The van der Waals surface area contributed by atoms with Crippen molar-refractivity contribution < 1.29 is 32.2 Å². The average molecular weight is 547 g/mol. The third-order valence-corrected chi connectivity index (χ3v) is 7.79. The van der Waals surface area contributed by atoms with Gasteiger partial charge < -0.3 is 19.5 Å². The first-order valence-electron chi connectivity index (χ1n) is 11.0. The molecule has 3 aromatic rings. The molecule has 0 spiro atoms. The number of ether oxygens (including phenoxy) is 3. The highest BCUT2D eigenvalue weighted by atomic mass is 35.5. The van der Waals surface area contributed by atoms with E-state index in [0.29, 0.717) is 10.6 Å². The molecule has 0 saturated carbocycles. The molecule has 11 heteroatoms. The van der Waals surface area contributed by atoms with Gasteiger partial charge in [-0.3, -0.25) is 9.10 Å². The first-order valence-corrected chi connectivity index (χ1v) is 12.8. The number of aryl methyl sites for hydroxylation is 1. The number of nitrogens with zero attached hydrogens (tertiary/aromatic N) is 1. The molecule has 0 heterocycles. The number of methoxy groups -OCH3 is 3. The number of hydrogen-bond donors (Lipinski definition) is 1. The Kier molecular flexibility index (Phi) is 8.67. The SMILES string of the molecule is COC(=O)c1cc(OC)c(OC)cc1NC(=O)CN(c1cccc(Cl)c1C)S(=O)(=O)c1ccc(C)cc1. The molecular formula is C26H27ClN2O7S. The van der Waals surface area contributed by atoms with E-state index in [4.69, 9.17) is 25.8 Å². The molecule has 0 bridgehead atoms. The van der Waals surface area contributed by atoms with E-state index in [2.05, 4.69) is 5.32 Å². The Labute approximate surface area is 221 Å². The van der Waals surface area contributed by atoms with Crippen molar-refractivity contribution in [2.24, 2.45) is 0 Å². The van der Waals surface area contributed by atoms with Crippen LogP contribution >= 0.6 is 11.6 Å². The minimum atomic E-state index is -4.17. The van der Waals surface area contributed by atoms with E-state index in [0.717, 1.165) is 9.87 Å². The van der Waals surface area contributed by atoms with Gasteiger partial charge in [0.2, 0.25) is 5.91 Å². The van der Waals surface area contributed by atoms with Crippen molar-refractivity contribution in [1.82, 2.24) is 0 Å². The highest BCUT2D eigenvalue weighted by Crippen LogP contribution is 2.35. The van der Waals surface area contributed by atoms with Gasteiger partial charge in [0.25, 0.3) is 10.0 Å². The molecule has 1 N–H and O–H groups in total. The van der Waals surface area contributed by atoms with Gasteiger partial charge in [-0.15, -0.1) is 0 Å². The quantitative estimate of drug-likeness (QED) is 0.390. The van der Waals surface area contributed by atoms with Crippen LogP contribution in [-0.2, 0) is 19.6 Å². The van der Waals surface area contributed by atoms with Gasteiger partial charge in [0.05, 0.1) is 43.2 Å². The highest BCUT2D eigenvalue weighted by molar-refractivity contribution is 7.92. The lowest BCUT2D eigenvalue weighted by Gasteiger charge is -2.26. The molecule has 0 atom stereocenters. The maximum absolute atomic E-state index is 13.7. The summed E-state index contributed by atoms with van der Waals surface area (Å²) in [5, 5.41) is 2.95. The van der Waals surface area contributed by atoms with Crippen molar-refractivity contribution in [2.45, 2.75) is 18.7 Å². The monoisotopic (exact) mass is 546 g/mol. The topological polar surface area (TPSA) is 111 Å². The highest BCUT2D eigenvalue weighted by Gasteiger charge is 2.29. The van der Waals surface area contributed by atoms with E-state index in [1.165, 1.54) is 45.6 Å². The molecule has 3 rings (SSSR count). The van der Waals surface area contributed by atoms with E-state index in [-0.39, 0.29) is 33.3 Å². The van der Waals surface area contributed by atoms with Gasteiger partial charge in [0, 0.05) is 17.2 Å². The third kappa shape index (κ3) is 5.98. The number of benzene rings is 3. The molecule has 0 aromatic heterocycles. The summed E-state index contributed by atoms with van der Waals surface area (Å²) in [5.74, 6) is -0.946. The molecule has 0 unspecified atom stereocenters. The maximum Gasteiger partial charge on any atom is 0.340 e. The molecule has 1 amide bonds. The lowest BCUT2D eigenvalue weighted by Crippen LogP contribution is -2.38. The standard InChI is InChI=1S/C26H27ClN2O7S/c1-16-9-11-18(12-10-16)37(32,33)29(22-8-6-7-20(27)17(22)2)15-25(30)28-21-14-24(35-4)23(34-3)13-19(21)26(31)36-5/h6-14H,15H2,1-5H3,(H,28,30). The molecule has 0 aliphatic carbocycles. The molecule has 9 nitrogen and oxygen atoms in total. The van der Waals surface area contributed by atoms with Crippen LogP contribution in [0.5, 0.6) is 11.5 Å². The smallest absolute Gasteiger partial charge is 0.340 e. The lowest BCUT2D eigenvalue weighted by atomic mass is 10.1. The Morgan fingerprint density at radius 2 is 1.57 bits per heavy atom. The van der Waals surface area contributed by atoms with Crippen molar-refractivity contribution in [3.8, 4) is 11.5 Å². The van der Waals surface area contributed by atoms with Crippen LogP contribution in [0, 0.1) is 13.8 Å². The van der Waals surface area contributed by atoms with Gasteiger partial charge >= 0.3 is 5.97 Å². The molecular weight excluding hydrogens is 520 g/mol. The van der Waals surface area contributed by atoms with E-state index in [1.807, 2.05) is 6.92 Å². The molecule has 0 fully saturated rings. The number of nitrogens with one attached hydrogen (secondary N) is 1. The molecule has 3 aromatic carbocycles. The number of carbonyl (C=O) groups excluding carboxylic acids is 2. The first kappa shape index (κ1) is 27.8. The number of esters is 1. The van der Waals surface area contributed by atoms with Gasteiger partial charge in [-0.1, -0.05) is 35.4 Å². The maximum atomic E-state index is 13.7. The molecule has 0 aliphatic rings. The summed E-state index contributed by atoms with van der Waals surface area (Å²) in [4.78, 5) is 25.7. The van der Waals surface area contributed by atoms with Gasteiger partial charge in [0.15, 0.2) is 11.5 Å². The Morgan fingerprint density at radius 3 is 2.16 bits per heavy atom. The van der Waals surface area contributed by atoms with Crippen LogP contribution in [0.1, 0.15) is 21.5 Å². The van der Waals surface area contributed by atoms with Crippen LogP contribution in [-0.4, -0.2) is 48.2 Å². The van der Waals surface area contributed by atoms with Crippen LogP contribution in [0.3, 0.4) is 0 Å². The zero-order valence-corrected chi connectivity index (χ0v) is 22.6. The Morgan fingerprint density at radius 1 is 0.946 bits per heavy atom. The number of carbonyl (C=O) groups is 2. The number of hydrogen-bond acceptors (Lipinski definition) is 7. The fourth-order valence-electron chi connectivity index (χ4n) is 3.58. The number of halogens is 1. The van der Waals surface area contributed by atoms with E-state index >= 15 is 0 Å². The summed E-state index contributed by atoms with van der Waals surface area (Å²) in [7, 11) is -0.175. The van der Waals surface area contributed by atoms with Crippen LogP contribution < -0.4 is 19.1 Å². The van der Waals surface area contributed by atoms with Crippen molar-refractivity contribution in [3.63, 3.8) is 0 Å². The Bertz CT molecular complexity index is 1420. The van der Waals surface area contributed by atoms with Crippen molar-refractivity contribution in [3.05, 3.63) is 76.3 Å². The minimum absolute atomic E-state index is 0.000350. The van der Waals surface area contributed by atoms with E-state index in [1.54, 1.807) is 37.3 Å². The fraction of sp³-hybridized carbons (Fsp3) is 0.231. The third-order valence-electron chi connectivity index (χ3n) is 5.61. The predicted octanol–water partition coefficient (Wildman–Crippen LogP) is 4.59. The predicted molar refractivity (Wildman–Crippen MR) is 141 cm³/mol. The molecule has 0 aliphatic heterocycles. The molecule has 0 radical (unpaired) electrons. The summed E-state index contributed by atoms with van der Waals surface area (Å²) in [6, 6.07) is 13.8. The van der Waals surface area contributed by atoms with Gasteiger partial charge in [0.1, 0.15) is 6.54 Å². The average Bonchev–Trinajstić information content (AvgIpc) is 2.88. The Hall–Kier alpha value is -3.76. The second-order valence-corrected chi connectivity index (χ2v) is 10.3. The fourth-order valence-corrected chi connectivity index (χ4v) is 5.23. The van der Waals surface area contributed by atoms with Crippen LogP contribution in [0.25, 0.3) is 0 Å². The van der Waals surface area contributed by atoms with Crippen molar-refractivity contribution in [2.75, 3.05) is 37.5 Å². The van der Waals surface area contributed by atoms with E-state index in [9.17, 15) is 18.0 Å². The first-order chi connectivity index (χ1) is 17.5. The summed E-state index contributed by atoms with van der Waals surface area (Å²) in [6.07, 6.45) is 0. The summed E-state index contributed by atoms with van der Waals surface area (Å²) < 4.78 is 43.7. The number of rotatable bonds is 9. The van der Waals surface area contributed by atoms with Gasteiger partial charge in [-0.05, 0) is 43.7 Å². The van der Waals surface area contributed by atoms with Gasteiger partial charge in [-0.2, -0.15) is 0 Å². The second kappa shape index (κ2) is 11.5. The summed E-state index contributed by atoms with van der Waals surface area (Å²) in [5.41, 5.74) is 1.66. The van der Waals surface area contributed by atoms with Gasteiger partial charge in [-0.25, -0.2) is 13.2 Å². The van der Waals surface area contributed by atoms with Crippen molar-refractivity contribution in [1.29, 1.82) is 0 Å². The number of anilines is 2. The largest absolute Gasteiger partial charge is 0.493 e. The summed E-state index contributed by atoms with van der Waals surface area (Å²) in [6.45, 7) is 2.90. The lowest BCUT2D eigenvalue weighted by molar-refractivity contribution is -0.114. The zero-order chi connectivity index (χ0) is 27.3. The number of amides is 1. The Balaban J connectivity index is 2.06. The molecule has 196 valence electrons. The van der Waals surface area contributed by atoms with E-state index < -0.39 is 28.4 Å². The molecule has 37 heavy (non-hydrogen) atoms. The second-order valence-electron chi connectivity index (χ2n) is 8.00. The van der Waals surface area contributed by atoms with Crippen molar-refractivity contribution >= 4 is 44.9 Å². The van der Waals surface area contributed by atoms with Crippen LogP contribution in [0.4, 0.5) is 11.4 Å². The minimum Gasteiger partial charge on any atom is -0.493 e.